The van der Waals surface area contributed by atoms with E-state index in [2.05, 4.69) is 4.98 Å². The summed E-state index contributed by atoms with van der Waals surface area (Å²) in [6, 6.07) is 10.8. The van der Waals surface area contributed by atoms with E-state index < -0.39 is 0 Å². The van der Waals surface area contributed by atoms with Gasteiger partial charge in [0.25, 0.3) is 5.91 Å². The van der Waals surface area contributed by atoms with Gasteiger partial charge in [-0.1, -0.05) is 0 Å². The van der Waals surface area contributed by atoms with Crippen molar-refractivity contribution >= 4 is 11.9 Å². The lowest BCUT2D eigenvalue weighted by molar-refractivity contribution is -0.144. The zero-order chi connectivity index (χ0) is 20.2. The molecule has 0 spiro atoms. The number of aromatic nitrogens is 1. The lowest BCUT2D eigenvalue weighted by Gasteiger charge is -2.22. The second-order valence-electron chi connectivity index (χ2n) is 5.92. The van der Waals surface area contributed by atoms with E-state index in [-0.39, 0.29) is 31.4 Å². The number of nitrogens with zero attached hydrogens (tertiary/aromatic N) is 2. The number of hydrogen-bond donors (Lipinski definition) is 0. The Hall–Kier alpha value is -3.09. The molecule has 2 aromatic rings. The van der Waals surface area contributed by atoms with E-state index in [9.17, 15) is 9.59 Å². The zero-order valence-corrected chi connectivity index (χ0v) is 16.3. The minimum atomic E-state index is -0.331. The van der Waals surface area contributed by atoms with Crippen molar-refractivity contribution in [1.82, 2.24) is 9.88 Å². The topological polar surface area (TPSA) is 78.0 Å². The Morgan fingerprint density at radius 2 is 1.57 bits per heavy atom. The molecule has 0 saturated heterocycles. The van der Waals surface area contributed by atoms with Crippen molar-refractivity contribution in [1.29, 1.82) is 0 Å². The van der Waals surface area contributed by atoms with Crippen molar-refractivity contribution in [2.45, 2.75) is 26.8 Å². The third-order valence-corrected chi connectivity index (χ3v) is 3.86. The van der Waals surface area contributed by atoms with Gasteiger partial charge in [0.2, 0.25) is 0 Å². The summed E-state index contributed by atoms with van der Waals surface area (Å²) < 4.78 is 15.9. The largest absolute Gasteiger partial charge is 0.494 e. The van der Waals surface area contributed by atoms with Gasteiger partial charge in [-0.25, -0.2) is 0 Å². The fourth-order valence-electron chi connectivity index (χ4n) is 2.50. The van der Waals surface area contributed by atoms with Crippen LogP contribution in [-0.4, -0.2) is 48.1 Å². The number of ether oxygens (including phenoxy) is 3. The molecule has 1 heterocycles. The van der Waals surface area contributed by atoms with E-state index in [1.165, 1.54) is 0 Å². The van der Waals surface area contributed by atoms with Gasteiger partial charge >= 0.3 is 5.97 Å². The Bertz CT molecular complexity index is 734. The Labute approximate surface area is 165 Å². The predicted octanol–water partition coefficient (Wildman–Crippen LogP) is 2.84. The molecular formula is C21H26N2O5. The maximum atomic E-state index is 12.7. The van der Waals surface area contributed by atoms with Gasteiger partial charge in [-0.05, 0) is 55.8 Å². The SMILES string of the molecule is CCOC(=O)CCN(Cc1ccncc1)C(=O)COc1ccc(OCC)cc1. The number of carbonyl (C=O) groups excluding carboxylic acids is 2. The molecule has 1 aromatic heterocycles. The van der Waals surface area contributed by atoms with Crippen LogP contribution in [0.1, 0.15) is 25.8 Å². The Balaban J connectivity index is 1.95. The van der Waals surface area contributed by atoms with Gasteiger partial charge in [-0.3, -0.25) is 14.6 Å². The van der Waals surface area contributed by atoms with Crippen molar-refractivity contribution in [2.24, 2.45) is 0 Å². The summed E-state index contributed by atoms with van der Waals surface area (Å²) in [5.74, 6) is 0.776. The van der Waals surface area contributed by atoms with Crippen LogP contribution in [0.25, 0.3) is 0 Å². The van der Waals surface area contributed by atoms with Crippen LogP contribution in [0.2, 0.25) is 0 Å². The van der Waals surface area contributed by atoms with Gasteiger partial charge in [0, 0.05) is 25.5 Å². The average molecular weight is 386 g/mol. The fourth-order valence-corrected chi connectivity index (χ4v) is 2.50. The van der Waals surface area contributed by atoms with Crippen LogP contribution in [-0.2, 0) is 20.9 Å². The molecule has 2 rings (SSSR count). The summed E-state index contributed by atoms with van der Waals surface area (Å²) in [6.45, 7) is 5.07. The van der Waals surface area contributed by atoms with E-state index in [1.54, 1.807) is 48.5 Å². The summed E-state index contributed by atoms with van der Waals surface area (Å²) in [5, 5.41) is 0. The molecule has 0 saturated carbocycles. The van der Waals surface area contributed by atoms with Crippen molar-refractivity contribution in [2.75, 3.05) is 26.4 Å². The third kappa shape index (κ3) is 7.26. The molecule has 0 aliphatic rings. The quantitative estimate of drug-likeness (QED) is 0.553. The Kier molecular flexibility index (Phi) is 8.78. The van der Waals surface area contributed by atoms with E-state index in [0.717, 1.165) is 11.3 Å². The van der Waals surface area contributed by atoms with Crippen molar-refractivity contribution < 1.29 is 23.8 Å². The molecule has 0 aliphatic heterocycles. The number of hydrogen-bond acceptors (Lipinski definition) is 6. The maximum Gasteiger partial charge on any atom is 0.307 e. The molecule has 7 heteroatoms. The Morgan fingerprint density at radius 3 is 2.18 bits per heavy atom. The smallest absolute Gasteiger partial charge is 0.307 e. The Morgan fingerprint density at radius 1 is 0.929 bits per heavy atom. The highest BCUT2D eigenvalue weighted by molar-refractivity contribution is 5.78. The van der Waals surface area contributed by atoms with Crippen molar-refractivity contribution in [3.05, 3.63) is 54.4 Å². The third-order valence-electron chi connectivity index (χ3n) is 3.86. The number of benzene rings is 1. The molecule has 1 aromatic carbocycles. The molecular weight excluding hydrogens is 360 g/mol. The van der Waals surface area contributed by atoms with Gasteiger partial charge in [0.05, 0.1) is 19.6 Å². The molecule has 0 aliphatic carbocycles. The molecule has 28 heavy (non-hydrogen) atoms. The first kappa shape index (κ1) is 21.2. The summed E-state index contributed by atoms with van der Waals surface area (Å²) in [7, 11) is 0. The maximum absolute atomic E-state index is 12.7. The van der Waals surface area contributed by atoms with Crippen LogP contribution in [0.15, 0.2) is 48.8 Å². The zero-order valence-electron chi connectivity index (χ0n) is 16.3. The minimum Gasteiger partial charge on any atom is -0.494 e. The highest BCUT2D eigenvalue weighted by Gasteiger charge is 2.17. The molecule has 0 fully saturated rings. The second-order valence-corrected chi connectivity index (χ2v) is 5.92. The monoisotopic (exact) mass is 386 g/mol. The van der Waals surface area contributed by atoms with E-state index in [0.29, 0.717) is 25.5 Å². The molecule has 0 radical (unpaired) electrons. The molecule has 0 unspecified atom stereocenters. The van der Waals surface area contributed by atoms with Gasteiger partial charge < -0.3 is 19.1 Å². The lowest BCUT2D eigenvalue weighted by Crippen LogP contribution is -2.36. The number of amides is 1. The standard InChI is InChI=1S/C21H26N2O5/c1-3-26-18-5-7-19(8-6-18)28-16-20(24)23(14-11-21(25)27-4-2)15-17-9-12-22-13-10-17/h5-10,12-13H,3-4,11,14-16H2,1-2H3. The van der Waals surface area contributed by atoms with Crippen LogP contribution >= 0.6 is 0 Å². The fraction of sp³-hybridized carbons (Fsp3) is 0.381. The van der Waals surface area contributed by atoms with Crippen LogP contribution < -0.4 is 9.47 Å². The number of esters is 1. The van der Waals surface area contributed by atoms with E-state index in [1.807, 2.05) is 19.1 Å². The summed E-state index contributed by atoms with van der Waals surface area (Å²) in [4.78, 5) is 29.9. The van der Waals surface area contributed by atoms with Gasteiger partial charge in [-0.15, -0.1) is 0 Å². The van der Waals surface area contributed by atoms with Crippen LogP contribution in [0, 0.1) is 0 Å². The van der Waals surface area contributed by atoms with Crippen LogP contribution in [0.4, 0.5) is 0 Å². The first-order valence-electron chi connectivity index (χ1n) is 9.30. The van der Waals surface area contributed by atoms with Gasteiger partial charge in [-0.2, -0.15) is 0 Å². The number of pyridine rings is 1. The minimum absolute atomic E-state index is 0.123. The molecule has 1 amide bonds. The lowest BCUT2D eigenvalue weighted by atomic mass is 10.2. The summed E-state index contributed by atoms with van der Waals surface area (Å²) in [5.41, 5.74) is 0.924. The van der Waals surface area contributed by atoms with Crippen molar-refractivity contribution in [3.63, 3.8) is 0 Å². The first-order chi connectivity index (χ1) is 13.6. The highest BCUT2D eigenvalue weighted by atomic mass is 16.5. The van der Waals surface area contributed by atoms with Crippen molar-refractivity contribution in [3.8, 4) is 11.5 Å². The normalized spacial score (nSPS) is 10.2. The highest BCUT2D eigenvalue weighted by Crippen LogP contribution is 2.17. The van der Waals surface area contributed by atoms with Gasteiger partial charge in [0.15, 0.2) is 6.61 Å². The average Bonchev–Trinajstić information content (AvgIpc) is 2.71. The number of carbonyl (C=O) groups is 2. The number of rotatable bonds is 11. The summed E-state index contributed by atoms with van der Waals surface area (Å²) in [6.07, 6.45) is 3.47. The molecule has 150 valence electrons. The predicted molar refractivity (Wildman–Crippen MR) is 104 cm³/mol. The first-order valence-corrected chi connectivity index (χ1v) is 9.30. The summed E-state index contributed by atoms with van der Waals surface area (Å²) >= 11 is 0. The van der Waals surface area contributed by atoms with Crippen LogP contribution in [0.3, 0.4) is 0 Å². The van der Waals surface area contributed by atoms with Crippen LogP contribution in [0.5, 0.6) is 11.5 Å². The molecule has 0 N–H and O–H groups in total. The van der Waals surface area contributed by atoms with Gasteiger partial charge in [0.1, 0.15) is 11.5 Å². The van der Waals surface area contributed by atoms with E-state index >= 15 is 0 Å². The second kappa shape index (κ2) is 11.6. The molecule has 0 bridgehead atoms. The molecule has 0 atom stereocenters. The van der Waals surface area contributed by atoms with E-state index in [4.69, 9.17) is 14.2 Å². The molecule has 7 nitrogen and oxygen atoms in total.